The van der Waals surface area contributed by atoms with Crippen molar-refractivity contribution in [2.45, 2.75) is 29.5 Å². The van der Waals surface area contributed by atoms with E-state index in [1.54, 1.807) is 55.1 Å². The zero-order valence-electron chi connectivity index (χ0n) is 27.0. The number of nitro groups is 1. The molecule has 3 amide bonds. The Bertz CT molecular complexity index is 2150. The molecule has 2 aliphatic carbocycles. The van der Waals surface area contributed by atoms with Crippen LogP contribution in [0.15, 0.2) is 82.6 Å². The molecule has 2 bridgehead atoms. The number of fused-ring (bicyclic) bond motifs is 9. The fourth-order valence-electron chi connectivity index (χ4n) is 8.46. The van der Waals surface area contributed by atoms with Gasteiger partial charge in [-0.05, 0) is 73.6 Å². The van der Waals surface area contributed by atoms with Crippen LogP contribution in [0.25, 0.3) is 0 Å². The van der Waals surface area contributed by atoms with E-state index in [0.717, 1.165) is 26.8 Å². The number of hydrogen-bond acceptors (Lipinski definition) is 11. The summed E-state index contributed by atoms with van der Waals surface area (Å²) < 4.78 is 11.1. The highest BCUT2D eigenvalue weighted by atomic mass is 32.2. The molecule has 0 spiro atoms. The predicted molar refractivity (Wildman–Crippen MR) is 187 cm³/mol. The van der Waals surface area contributed by atoms with Crippen LogP contribution < -0.4 is 19.8 Å². The van der Waals surface area contributed by atoms with Crippen LogP contribution in [-0.4, -0.2) is 52.1 Å². The Hall–Kier alpha value is -5.28. The van der Waals surface area contributed by atoms with E-state index in [9.17, 15) is 34.1 Å². The van der Waals surface area contributed by atoms with Crippen LogP contribution in [0, 0.1) is 39.7 Å². The molecule has 260 valence electrons. The Morgan fingerprint density at radius 3 is 2.39 bits per heavy atom. The van der Waals surface area contributed by atoms with Gasteiger partial charge in [0.25, 0.3) is 11.6 Å². The maximum Gasteiger partial charge on any atom is 0.338 e. The number of thioether (sulfide) groups is 1. The minimum absolute atomic E-state index is 0.0681. The third-order valence-electron chi connectivity index (χ3n) is 10.3. The molecule has 7 atom stereocenters. The van der Waals surface area contributed by atoms with E-state index >= 15 is 0 Å². The average molecular weight is 727 g/mol. The molecule has 3 heterocycles. The number of nitrogens with one attached hydrogen (secondary N) is 2. The van der Waals surface area contributed by atoms with Gasteiger partial charge in [0.2, 0.25) is 11.8 Å². The number of hydrogen-bond donors (Lipinski definition) is 2. The van der Waals surface area contributed by atoms with E-state index in [1.807, 2.05) is 12.1 Å². The summed E-state index contributed by atoms with van der Waals surface area (Å²) in [6.45, 7) is 1.67. The molecule has 1 saturated heterocycles. The fourth-order valence-corrected chi connectivity index (χ4v) is 11.3. The second-order valence-electron chi connectivity index (χ2n) is 12.9. The van der Waals surface area contributed by atoms with Gasteiger partial charge in [0.15, 0.2) is 6.61 Å². The second-order valence-corrected chi connectivity index (χ2v) is 15.1. The Morgan fingerprint density at radius 1 is 0.980 bits per heavy atom. The lowest BCUT2D eigenvalue weighted by Crippen LogP contribution is -2.42. The van der Waals surface area contributed by atoms with Gasteiger partial charge in [-0.15, -0.1) is 11.8 Å². The van der Waals surface area contributed by atoms with E-state index in [0.29, 0.717) is 29.1 Å². The van der Waals surface area contributed by atoms with Crippen LogP contribution >= 0.6 is 23.1 Å². The number of amides is 3. The van der Waals surface area contributed by atoms with Crippen molar-refractivity contribution in [2.24, 2.45) is 29.6 Å². The van der Waals surface area contributed by atoms with Crippen LogP contribution in [-0.2, 0) is 19.1 Å². The molecule has 15 heteroatoms. The fraction of sp³-hybridized carbons (Fsp3) is 0.306. The van der Waals surface area contributed by atoms with Crippen LogP contribution in [0.3, 0.4) is 0 Å². The van der Waals surface area contributed by atoms with Crippen LogP contribution in [0.1, 0.15) is 40.1 Å². The number of imide groups is 1. The van der Waals surface area contributed by atoms with Crippen LogP contribution in [0.2, 0.25) is 0 Å². The summed E-state index contributed by atoms with van der Waals surface area (Å²) in [6.07, 6.45) is 0.680. The van der Waals surface area contributed by atoms with Crippen molar-refractivity contribution in [3.8, 4) is 5.75 Å². The molecule has 3 aromatic carbocycles. The summed E-state index contributed by atoms with van der Waals surface area (Å²) in [5.41, 5.74) is 1.81. The van der Waals surface area contributed by atoms with Gasteiger partial charge in [0.05, 0.1) is 39.6 Å². The van der Waals surface area contributed by atoms with Gasteiger partial charge in [0, 0.05) is 39.4 Å². The minimum Gasteiger partial charge on any atom is -0.483 e. The largest absolute Gasteiger partial charge is 0.483 e. The zero-order chi connectivity index (χ0) is 35.6. The molecule has 1 aromatic heterocycles. The van der Waals surface area contributed by atoms with E-state index < -0.39 is 28.6 Å². The number of benzene rings is 3. The molecule has 4 aliphatic rings. The van der Waals surface area contributed by atoms with Gasteiger partial charge in [-0.1, -0.05) is 29.5 Å². The quantitative estimate of drug-likeness (QED) is 0.101. The molecular weight excluding hydrogens is 697 g/mol. The number of rotatable bonds is 9. The standard InChI is InChI=1S/C36H30N4O9S2/c1-2-48-35(44)17-7-9-18(10-8-17)37-25(41)16-49-24-6-4-3-5-21(24)26-27-22-15-23(30(27)50-32-31(26)51-36(45)38-32)29-28(22)33(42)39(34(29)43)19-11-13-20(14-12-19)40(46)47/h3-14,22-23,26-30H,2,15-16H2,1H3,(H,37,41)(H,38,45)/t22-,23-,26+,27-,28+,29+,30-/m1/s1. The maximum absolute atomic E-state index is 14.1. The van der Waals surface area contributed by atoms with E-state index in [4.69, 9.17) is 9.47 Å². The lowest BCUT2D eigenvalue weighted by atomic mass is 9.68. The monoisotopic (exact) mass is 726 g/mol. The highest BCUT2D eigenvalue weighted by Gasteiger charge is 2.69. The third kappa shape index (κ3) is 5.51. The highest BCUT2D eigenvalue weighted by molar-refractivity contribution is 8.00. The number of non-ortho nitro benzene ring substituents is 1. The Morgan fingerprint density at radius 2 is 1.69 bits per heavy atom. The number of aromatic nitrogens is 1. The van der Waals surface area contributed by atoms with Crippen LogP contribution in [0.4, 0.5) is 17.1 Å². The number of nitrogens with zero attached hydrogens (tertiary/aromatic N) is 2. The van der Waals surface area contributed by atoms with E-state index in [-0.39, 0.29) is 64.5 Å². The molecule has 13 nitrogen and oxygen atoms in total. The first kappa shape index (κ1) is 32.9. The topological polar surface area (TPSA) is 178 Å². The number of thiazole rings is 1. The summed E-state index contributed by atoms with van der Waals surface area (Å²) >= 11 is 2.68. The molecule has 8 rings (SSSR count). The molecule has 4 aromatic rings. The van der Waals surface area contributed by atoms with Crippen molar-refractivity contribution in [2.75, 3.05) is 23.4 Å². The summed E-state index contributed by atoms with van der Waals surface area (Å²) in [5.74, 6) is -2.82. The summed E-state index contributed by atoms with van der Waals surface area (Å²) in [7, 11) is 0. The van der Waals surface area contributed by atoms with Gasteiger partial charge in [-0.2, -0.15) is 0 Å². The van der Waals surface area contributed by atoms with Gasteiger partial charge >= 0.3 is 10.8 Å². The molecule has 0 radical (unpaired) electrons. The van der Waals surface area contributed by atoms with E-state index in [2.05, 4.69) is 10.3 Å². The first-order valence-electron chi connectivity index (χ1n) is 16.4. The number of carbonyl (C=O) groups is 4. The lowest BCUT2D eigenvalue weighted by molar-refractivity contribution is -0.384. The molecular formula is C36H30N4O9S2. The maximum atomic E-state index is 14.1. The molecule has 0 unspecified atom stereocenters. The SMILES string of the molecule is CCOC(=O)c1ccc(NC(=O)COc2ccccc2[C@@H]2c3sc(=O)[nH]c3S[C@@H]3[C@@H]4C[C@@H]([C@@H]5C(=O)N(c6ccc([N+](=O)[O-])cc6)C(=O)[C@@H]45)[C@H]23)cc1. The van der Waals surface area contributed by atoms with E-state index in [1.165, 1.54) is 29.2 Å². The molecule has 2 aliphatic heterocycles. The molecule has 2 N–H and O–H groups in total. The zero-order valence-corrected chi connectivity index (χ0v) is 28.6. The number of nitro benzene ring substituents is 1. The number of ether oxygens (including phenoxy) is 2. The number of para-hydroxylation sites is 1. The van der Waals surface area contributed by atoms with Crippen molar-refractivity contribution < 1.29 is 33.6 Å². The minimum atomic E-state index is -0.562. The van der Waals surface area contributed by atoms with Gasteiger partial charge < -0.3 is 19.8 Å². The van der Waals surface area contributed by atoms with Crippen molar-refractivity contribution in [1.82, 2.24) is 4.98 Å². The Balaban J connectivity index is 1.06. The van der Waals surface area contributed by atoms with Crippen molar-refractivity contribution in [3.63, 3.8) is 0 Å². The normalized spacial score (nSPS) is 25.6. The number of aromatic amines is 1. The number of esters is 1. The highest BCUT2D eigenvalue weighted by Crippen LogP contribution is 2.69. The average Bonchev–Trinajstić information content (AvgIpc) is 3.86. The molecule has 51 heavy (non-hydrogen) atoms. The number of anilines is 2. The van der Waals surface area contributed by atoms with Crippen LogP contribution in [0.5, 0.6) is 5.75 Å². The molecule has 3 fully saturated rings. The lowest BCUT2D eigenvalue weighted by Gasteiger charge is -2.43. The number of H-pyrrole nitrogens is 1. The van der Waals surface area contributed by atoms with Gasteiger partial charge in [-0.25, -0.2) is 4.79 Å². The first-order chi connectivity index (χ1) is 24.6. The predicted octanol–water partition coefficient (Wildman–Crippen LogP) is 5.22. The van der Waals surface area contributed by atoms with Crippen molar-refractivity contribution >= 4 is 63.9 Å². The smallest absolute Gasteiger partial charge is 0.338 e. The second kappa shape index (κ2) is 12.8. The Labute approximate surface area is 298 Å². The summed E-state index contributed by atoms with van der Waals surface area (Å²) in [6, 6.07) is 19.2. The number of carbonyl (C=O) groups excluding carboxylic acids is 4. The van der Waals surface area contributed by atoms with Crippen molar-refractivity contribution in [3.05, 3.63) is 109 Å². The molecule has 2 saturated carbocycles. The Kier molecular flexibility index (Phi) is 8.26. The van der Waals surface area contributed by atoms with Gasteiger partial charge in [-0.3, -0.25) is 34.2 Å². The van der Waals surface area contributed by atoms with Crippen molar-refractivity contribution in [1.29, 1.82) is 0 Å². The summed E-state index contributed by atoms with van der Waals surface area (Å²) in [4.78, 5) is 81.2. The summed E-state index contributed by atoms with van der Waals surface area (Å²) in [5, 5.41) is 14.7. The third-order valence-corrected chi connectivity index (χ3v) is 12.9. The first-order valence-corrected chi connectivity index (χ1v) is 18.1. The van der Waals surface area contributed by atoms with Gasteiger partial charge in [0.1, 0.15) is 5.75 Å².